The number of carbonyl (C=O) groups excluding carboxylic acids is 1. The molecule has 4 aromatic rings. The Morgan fingerprint density at radius 3 is 1.48 bits per heavy atom. The summed E-state index contributed by atoms with van der Waals surface area (Å²) in [5, 5.41) is 32.2. The number of H-pyrrole nitrogens is 2. The fraction of sp³-hybridized carbons (Fsp3) is 0.474. The first-order valence-corrected chi connectivity index (χ1v) is 17.7. The molecule has 2 saturated heterocycles. The van der Waals surface area contributed by atoms with E-state index < -0.39 is 17.1 Å². The van der Waals surface area contributed by atoms with Crippen molar-refractivity contribution in [1.29, 1.82) is 10.5 Å². The lowest BCUT2D eigenvalue weighted by Crippen LogP contribution is -2.44. The van der Waals surface area contributed by atoms with E-state index in [0.717, 1.165) is 25.7 Å². The zero-order valence-corrected chi connectivity index (χ0v) is 33.7. The van der Waals surface area contributed by atoms with Crippen molar-refractivity contribution < 1.29 is 24.2 Å². The number of nitrogens with one attached hydrogen (secondary N) is 3. The molecule has 2 aliphatic rings. The van der Waals surface area contributed by atoms with Crippen molar-refractivity contribution in [2.24, 2.45) is 0 Å². The normalized spacial score (nSPS) is 15.5. The number of fused-ring (bicyclic) bond motifs is 2. The Morgan fingerprint density at radius 2 is 1.16 bits per heavy atom. The van der Waals surface area contributed by atoms with E-state index in [4.69, 9.17) is 9.47 Å². The highest BCUT2D eigenvalue weighted by Gasteiger charge is 2.33. The van der Waals surface area contributed by atoms with Crippen LogP contribution in [-0.2, 0) is 9.47 Å². The summed E-state index contributed by atoms with van der Waals surface area (Å²) in [6.45, 7) is 6.58. The zero-order chi connectivity index (χ0) is 40.7. The molecule has 0 spiro atoms. The molecule has 17 nitrogen and oxygen atoms in total. The number of aromatic amines is 2. The Kier molecular flexibility index (Phi) is 15.1. The number of carboxylic acids is 1. The maximum atomic E-state index is 12.4. The number of aromatic nitrogens is 4. The maximum absolute atomic E-state index is 12.4. The molecule has 0 unspecified atom stereocenters. The number of rotatable bonds is 6. The van der Waals surface area contributed by atoms with Crippen LogP contribution in [-0.4, -0.2) is 122 Å². The number of hydrogen-bond donors (Lipinski definition) is 4. The van der Waals surface area contributed by atoms with Crippen LogP contribution >= 0.6 is 12.4 Å². The second-order valence-electron chi connectivity index (χ2n) is 14.1. The molecule has 56 heavy (non-hydrogen) atoms. The number of ether oxygens (including phenoxy) is 2. The number of halogens is 1. The Morgan fingerprint density at radius 1 is 0.804 bits per heavy atom. The molecular formula is C38H49ClN10O7. The van der Waals surface area contributed by atoms with Crippen LogP contribution in [0.25, 0.3) is 21.8 Å². The number of nitriles is 2. The minimum atomic E-state index is -1.16. The van der Waals surface area contributed by atoms with E-state index in [0.29, 0.717) is 59.4 Å². The Balaban J connectivity index is 0.000000277. The molecule has 18 heteroatoms. The van der Waals surface area contributed by atoms with Crippen molar-refractivity contribution in [2.75, 3.05) is 78.4 Å². The molecule has 2 fully saturated rings. The van der Waals surface area contributed by atoms with Crippen LogP contribution in [0.15, 0.2) is 34.1 Å². The van der Waals surface area contributed by atoms with Gasteiger partial charge in [0.05, 0.1) is 46.0 Å². The molecular weight excluding hydrogens is 744 g/mol. The van der Waals surface area contributed by atoms with E-state index >= 15 is 0 Å². The number of carbonyl (C=O) groups is 2. The average Bonchev–Trinajstić information content (AvgIpc) is 3.17. The predicted molar refractivity (Wildman–Crippen MR) is 215 cm³/mol. The van der Waals surface area contributed by atoms with Gasteiger partial charge in [-0.3, -0.25) is 14.4 Å². The maximum Gasteiger partial charge on any atom is 0.354 e. The van der Waals surface area contributed by atoms with Gasteiger partial charge < -0.3 is 44.6 Å². The van der Waals surface area contributed by atoms with Crippen LogP contribution in [0.2, 0.25) is 0 Å². The van der Waals surface area contributed by atoms with E-state index in [-0.39, 0.29) is 52.0 Å². The van der Waals surface area contributed by atoms with Crippen molar-refractivity contribution in [2.45, 2.75) is 50.7 Å². The number of anilines is 2. The van der Waals surface area contributed by atoms with Gasteiger partial charge in [-0.25, -0.2) is 14.8 Å². The molecule has 0 bridgehead atoms. The summed E-state index contributed by atoms with van der Waals surface area (Å²) in [5.41, 5.74) is 0.689. The number of hydrogen-bond acceptors (Lipinski definition) is 13. The van der Waals surface area contributed by atoms with E-state index in [1.54, 1.807) is 34.4 Å². The highest BCUT2D eigenvalue weighted by Crippen LogP contribution is 2.35. The van der Waals surface area contributed by atoms with Crippen molar-refractivity contribution in [3.05, 3.63) is 67.7 Å². The van der Waals surface area contributed by atoms with Gasteiger partial charge in [-0.1, -0.05) is 0 Å². The Bertz CT molecular complexity index is 2260. The molecule has 0 aliphatic carbocycles. The summed E-state index contributed by atoms with van der Waals surface area (Å²) in [6.07, 6.45) is 5.81. The lowest BCUT2D eigenvalue weighted by Gasteiger charge is -2.40. The lowest BCUT2D eigenvalue weighted by atomic mass is 9.92. The third-order valence-corrected chi connectivity index (χ3v) is 10.1. The van der Waals surface area contributed by atoms with Gasteiger partial charge in [0, 0.05) is 65.3 Å². The zero-order valence-electron chi connectivity index (χ0n) is 32.9. The Hall–Kier alpha value is -5.59. The molecule has 6 rings (SSSR count). The van der Waals surface area contributed by atoms with E-state index in [1.165, 1.54) is 23.4 Å². The van der Waals surface area contributed by atoms with Crippen LogP contribution in [0.1, 0.15) is 71.6 Å². The SMILES string of the molecule is CNC.COC1(C)CCN(c2c(C#N)c(=O)[nH]c3cnc(C(=O)N(C)C)cc23)CC1.COC1(C)CCN(c2c(C#N)c(=O)[nH]c3cnc(C(=O)O)cc23)CC1.Cl. The number of piperidine rings is 2. The molecule has 0 aromatic carbocycles. The summed E-state index contributed by atoms with van der Waals surface area (Å²) in [4.78, 5) is 66.9. The smallest absolute Gasteiger partial charge is 0.354 e. The van der Waals surface area contributed by atoms with Crippen LogP contribution in [0.4, 0.5) is 11.4 Å². The van der Waals surface area contributed by atoms with Gasteiger partial charge in [0.15, 0.2) is 0 Å². The molecule has 6 heterocycles. The quantitative estimate of drug-likeness (QED) is 0.220. The van der Waals surface area contributed by atoms with Crippen molar-refractivity contribution in [3.63, 3.8) is 0 Å². The van der Waals surface area contributed by atoms with Crippen molar-refractivity contribution >= 4 is 57.5 Å². The number of amides is 1. The number of carboxylic acid groups (broad SMARTS) is 1. The summed E-state index contributed by atoms with van der Waals surface area (Å²) in [5.74, 6) is -1.40. The first kappa shape index (κ1) is 44.8. The standard InChI is InChI=1S/C19H23N5O3.C17H18N4O4.C2H7N.ClH/c1-19(27-4)5-7-24(8-6-19)16-12-9-14(18(26)23(2)3)21-11-15(12)22-17(25)13(16)10-20;1-17(25-2)3-5-21(6-4-17)14-10-7-12(16(23)24)19-9-13(10)20-15(22)11(14)8-18;1-3-2;/h9,11H,5-8H2,1-4H3,(H,22,25);7,9H,3-6H2,1-2H3,(H,20,22)(H,23,24);3H,1-2H3;1H. The van der Waals surface area contributed by atoms with Crippen LogP contribution in [0.3, 0.4) is 0 Å². The minimum Gasteiger partial charge on any atom is -0.477 e. The number of aromatic carboxylic acids is 1. The fourth-order valence-electron chi connectivity index (χ4n) is 6.50. The summed E-state index contributed by atoms with van der Waals surface area (Å²) in [6, 6.07) is 7.02. The van der Waals surface area contributed by atoms with Crippen LogP contribution in [0, 0.1) is 22.7 Å². The second-order valence-corrected chi connectivity index (χ2v) is 14.1. The van der Waals surface area contributed by atoms with Crippen molar-refractivity contribution in [3.8, 4) is 12.1 Å². The largest absolute Gasteiger partial charge is 0.477 e. The predicted octanol–water partition coefficient (Wildman–Crippen LogP) is 3.26. The van der Waals surface area contributed by atoms with Gasteiger partial charge in [-0.15, -0.1) is 12.4 Å². The third-order valence-electron chi connectivity index (χ3n) is 10.1. The van der Waals surface area contributed by atoms with E-state index in [2.05, 4.69) is 32.2 Å². The first-order valence-electron chi connectivity index (χ1n) is 17.7. The van der Waals surface area contributed by atoms with Gasteiger partial charge in [-0.2, -0.15) is 10.5 Å². The van der Waals surface area contributed by atoms with Gasteiger partial charge in [0.25, 0.3) is 17.0 Å². The van der Waals surface area contributed by atoms with Gasteiger partial charge in [0.1, 0.15) is 34.7 Å². The molecule has 4 N–H and O–H groups in total. The highest BCUT2D eigenvalue weighted by atomic mass is 35.5. The first-order chi connectivity index (χ1) is 26.1. The fourth-order valence-corrected chi connectivity index (χ4v) is 6.50. The highest BCUT2D eigenvalue weighted by molar-refractivity contribution is 6.01. The van der Waals surface area contributed by atoms with E-state index in [1.807, 2.05) is 43.0 Å². The van der Waals surface area contributed by atoms with Crippen LogP contribution in [0.5, 0.6) is 0 Å². The number of methoxy groups -OCH3 is 2. The van der Waals surface area contributed by atoms with E-state index in [9.17, 15) is 34.8 Å². The van der Waals surface area contributed by atoms with Crippen LogP contribution < -0.4 is 26.2 Å². The molecule has 2 aliphatic heterocycles. The van der Waals surface area contributed by atoms with Gasteiger partial charge in [-0.05, 0) is 65.8 Å². The second kappa shape index (κ2) is 18.8. The topological polar surface area (TPSA) is 234 Å². The number of nitrogens with zero attached hydrogens (tertiary/aromatic N) is 7. The third kappa shape index (κ3) is 9.61. The molecule has 300 valence electrons. The van der Waals surface area contributed by atoms with Gasteiger partial charge in [0.2, 0.25) is 0 Å². The monoisotopic (exact) mass is 792 g/mol. The van der Waals surface area contributed by atoms with Gasteiger partial charge >= 0.3 is 5.97 Å². The molecule has 1 amide bonds. The Labute approximate surface area is 330 Å². The lowest BCUT2D eigenvalue weighted by molar-refractivity contribution is -0.0134. The average molecular weight is 793 g/mol. The van der Waals surface area contributed by atoms with Crippen molar-refractivity contribution in [1.82, 2.24) is 30.2 Å². The summed E-state index contributed by atoms with van der Waals surface area (Å²) in [7, 11) is 10.4. The molecule has 4 aromatic heterocycles. The number of pyridine rings is 4. The summed E-state index contributed by atoms with van der Waals surface area (Å²) < 4.78 is 11.1. The summed E-state index contributed by atoms with van der Waals surface area (Å²) >= 11 is 0. The minimum absolute atomic E-state index is 0. The molecule has 0 radical (unpaired) electrons. The molecule has 0 saturated carbocycles. The molecule has 0 atom stereocenters.